The summed E-state index contributed by atoms with van der Waals surface area (Å²) < 4.78 is 74.4. The number of nitrogens with one attached hydrogen (secondary N) is 2. The van der Waals surface area contributed by atoms with Gasteiger partial charge in [0, 0.05) is 23.4 Å². The second-order valence-corrected chi connectivity index (χ2v) is 12.7. The van der Waals surface area contributed by atoms with Crippen LogP contribution in [0.5, 0.6) is 5.75 Å². The summed E-state index contributed by atoms with van der Waals surface area (Å²) >= 11 is 0. The van der Waals surface area contributed by atoms with E-state index in [0.717, 1.165) is 17.2 Å². The van der Waals surface area contributed by atoms with Gasteiger partial charge in [0.05, 0.1) is 54.2 Å². The maximum Gasteiger partial charge on any atom is 0.406 e. The van der Waals surface area contributed by atoms with Crippen LogP contribution in [-0.4, -0.2) is 68.6 Å². The Morgan fingerprint density at radius 2 is 1.86 bits per heavy atom. The lowest BCUT2D eigenvalue weighted by molar-refractivity contribution is -0.199. The number of esters is 1. The number of aromatic nitrogens is 2. The standard InChI is InChI=1S/C28H27F3N4O6S/c1-40-22-11-18(42(3,38)39)6-7-20(22)32-8-4-5-17-9-19(23-21(10-17)35(16-33-23)15-28(29,30)31)24(36)34-27-12-26(13-27,14-27)25(37)41-2/h6-7,9-11,16,32H,8,12-15H2,1-3H3,(H,34,36). The van der Waals surface area contributed by atoms with Crippen LogP contribution < -0.4 is 15.4 Å². The monoisotopic (exact) mass is 604 g/mol. The number of nitrogens with zero attached hydrogens (tertiary/aromatic N) is 2. The minimum atomic E-state index is -4.51. The predicted molar refractivity (Wildman–Crippen MR) is 146 cm³/mol. The highest BCUT2D eigenvalue weighted by Crippen LogP contribution is 2.67. The van der Waals surface area contributed by atoms with E-state index in [0.29, 0.717) is 36.3 Å². The average Bonchev–Trinajstić information content (AvgIpc) is 3.27. The number of sulfone groups is 1. The highest BCUT2D eigenvalue weighted by molar-refractivity contribution is 7.90. The van der Waals surface area contributed by atoms with Crippen LogP contribution >= 0.6 is 0 Å². The number of anilines is 1. The topological polar surface area (TPSA) is 129 Å². The molecule has 0 radical (unpaired) electrons. The number of fused-ring (bicyclic) bond motifs is 1. The number of ether oxygens (including phenoxy) is 2. The molecule has 1 amide bonds. The van der Waals surface area contributed by atoms with Crippen LogP contribution in [-0.2, 0) is 25.9 Å². The Morgan fingerprint density at radius 1 is 1.14 bits per heavy atom. The number of halogens is 3. The first-order valence-corrected chi connectivity index (χ1v) is 14.6. The summed E-state index contributed by atoms with van der Waals surface area (Å²) in [6, 6.07) is 7.25. The van der Waals surface area contributed by atoms with Gasteiger partial charge in [0.25, 0.3) is 5.91 Å². The molecule has 1 aromatic heterocycles. The van der Waals surface area contributed by atoms with Crippen molar-refractivity contribution in [2.45, 2.75) is 42.4 Å². The first-order valence-electron chi connectivity index (χ1n) is 12.8. The highest BCUT2D eigenvalue weighted by atomic mass is 32.2. The first-order chi connectivity index (χ1) is 19.7. The van der Waals surface area contributed by atoms with Gasteiger partial charge in [-0.05, 0) is 43.5 Å². The molecule has 1 heterocycles. The quantitative estimate of drug-likeness (QED) is 0.296. The number of alkyl halides is 3. The molecule has 0 atom stereocenters. The Hall–Kier alpha value is -4.25. The Morgan fingerprint density at radius 3 is 2.48 bits per heavy atom. The first kappa shape index (κ1) is 29.2. The highest BCUT2D eigenvalue weighted by Gasteiger charge is 2.73. The van der Waals surface area contributed by atoms with E-state index in [4.69, 9.17) is 9.47 Å². The van der Waals surface area contributed by atoms with Crippen LogP contribution in [0.15, 0.2) is 41.6 Å². The van der Waals surface area contributed by atoms with Crippen molar-refractivity contribution in [1.29, 1.82) is 0 Å². The molecule has 222 valence electrons. The van der Waals surface area contributed by atoms with Crippen molar-refractivity contribution in [3.63, 3.8) is 0 Å². The van der Waals surface area contributed by atoms with Crippen LogP contribution in [0.4, 0.5) is 18.9 Å². The van der Waals surface area contributed by atoms with Gasteiger partial charge < -0.3 is 24.7 Å². The van der Waals surface area contributed by atoms with Gasteiger partial charge in [-0.3, -0.25) is 9.59 Å². The van der Waals surface area contributed by atoms with Crippen LogP contribution in [0.1, 0.15) is 35.2 Å². The molecule has 42 heavy (non-hydrogen) atoms. The van der Waals surface area contributed by atoms with E-state index in [1.165, 1.54) is 44.6 Å². The van der Waals surface area contributed by atoms with Gasteiger partial charge in [0.2, 0.25) is 0 Å². The van der Waals surface area contributed by atoms with Crippen molar-refractivity contribution >= 4 is 38.4 Å². The fourth-order valence-corrected chi connectivity index (χ4v) is 6.36. The molecule has 3 fully saturated rings. The Balaban J connectivity index is 1.39. The van der Waals surface area contributed by atoms with Crippen molar-refractivity contribution in [1.82, 2.24) is 14.9 Å². The molecule has 10 nitrogen and oxygen atoms in total. The Kier molecular flexibility index (Phi) is 7.13. The van der Waals surface area contributed by atoms with Crippen molar-refractivity contribution in [3.05, 3.63) is 47.8 Å². The molecule has 3 aromatic rings. The van der Waals surface area contributed by atoms with Crippen molar-refractivity contribution in [2.24, 2.45) is 5.41 Å². The summed E-state index contributed by atoms with van der Waals surface area (Å²) in [5.41, 5.74) is -0.101. The third kappa shape index (κ3) is 5.48. The minimum Gasteiger partial charge on any atom is -0.495 e. The second-order valence-electron chi connectivity index (χ2n) is 10.7. The molecular weight excluding hydrogens is 577 g/mol. The number of amides is 1. The van der Waals surface area contributed by atoms with Gasteiger partial charge in [0.15, 0.2) is 9.84 Å². The van der Waals surface area contributed by atoms with Gasteiger partial charge in [-0.25, -0.2) is 13.4 Å². The molecule has 3 saturated carbocycles. The average molecular weight is 605 g/mol. The number of hydrogen-bond acceptors (Lipinski definition) is 8. The number of hydrogen-bond donors (Lipinski definition) is 2. The van der Waals surface area contributed by atoms with Crippen LogP contribution in [0.3, 0.4) is 0 Å². The molecule has 3 aliphatic carbocycles. The molecule has 2 bridgehead atoms. The molecule has 0 unspecified atom stereocenters. The number of benzene rings is 2. The van der Waals surface area contributed by atoms with E-state index in [1.807, 2.05) is 0 Å². The summed E-state index contributed by atoms with van der Waals surface area (Å²) in [5.74, 6) is 5.19. The lowest BCUT2D eigenvalue weighted by Crippen LogP contribution is -2.77. The zero-order chi connectivity index (χ0) is 30.5. The summed E-state index contributed by atoms with van der Waals surface area (Å²) in [6.07, 6.45) is -1.09. The molecule has 0 spiro atoms. The number of imidazole rings is 1. The molecule has 0 saturated heterocycles. The summed E-state index contributed by atoms with van der Waals surface area (Å²) in [5, 5.41) is 5.95. The molecule has 14 heteroatoms. The normalized spacial score (nSPS) is 20.9. The fourth-order valence-electron chi connectivity index (χ4n) is 5.72. The molecule has 3 aliphatic rings. The number of rotatable bonds is 8. The molecule has 6 rings (SSSR count). The van der Waals surface area contributed by atoms with E-state index in [-0.39, 0.29) is 34.0 Å². The van der Waals surface area contributed by atoms with Crippen molar-refractivity contribution < 1.29 is 40.7 Å². The smallest absolute Gasteiger partial charge is 0.406 e. The van der Waals surface area contributed by atoms with Gasteiger partial charge >= 0.3 is 12.1 Å². The third-order valence-corrected chi connectivity index (χ3v) is 8.66. The largest absolute Gasteiger partial charge is 0.495 e. The zero-order valence-electron chi connectivity index (χ0n) is 22.9. The van der Waals surface area contributed by atoms with Gasteiger partial charge in [-0.2, -0.15) is 13.2 Å². The Bertz CT molecular complexity index is 1750. The number of carbonyl (C=O) groups is 2. The SMILES string of the molecule is COC(=O)C12CC(NC(=O)c3cc(C#CCNc4ccc(S(C)(=O)=O)cc4OC)cc4c3ncn4CC(F)(F)F)(C1)C2. The van der Waals surface area contributed by atoms with Gasteiger partial charge in [-0.15, -0.1) is 0 Å². The minimum absolute atomic E-state index is 0.0700. The number of methoxy groups -OCH3 is 2. The fraction of sp³-hybridized carbons (Fsp3) is 0.393. The predicted octanol–water partition coefficient (Wildman–Crippen LogP) is 3.30. The van der Waals surface area contributed by atoms with Gasteiger partial charge in [0.1, 0.15) is 17.8 Å². The summed E-state index contributed by atoms with van der Waals surface area (Å²) in [4.78, 5) is 29.5. The van der Waals surface area contributed by atoms with E-state index in [1.54, 1.807) is 0 Å². The number of carbonyl (C=O) groups excluding carboxylic acids is 2. The van der Waals surface area contributed by atoms with E-state index in [2.05, 4.69) is 27.5 Å². The third-order valence-electron chi connectivity index (χ3n) is 7.55. The van der Waals surface area contributed by atoms with Crippen molar-refractivity contribution in [2.75, 3.05) is 32.3 Å². The lowest BCUT2D eigenvalue weighted by atomic mass is 9.39. The molecule has 2 aromatic carbocycles. The molecule has 0 aliphatic heterocycles. The molecular formula is C28H27F3N4O6S. The van der Waals surface area contributed by atoms with Crippen LogP contribution in [0.2, 0.25) is 0 Å². The summed E-state index contributed by atoms with van der Waals surface area (Å²) in [7, 11) is -0.725. The Labute approximate surface area is 239 Å². The van der Waals surface area contributed by atoms with Crippen LogP contribution in [0, 0.1) is 17.3 Å². The van der Waals surface area contributed by atoms with Crippen LogP contribution in [0.25, 0.3) is 11.0 Å². The van der Waals surface area contributed by atoms with Crippen molar-refractivity contribution in [3.8, 4) is 17.6 Å². The van der Waals surface area contributed by atoms with Gasteiger partial charge in [-0.1, -0.05) is 11.8 Å². The second kappa shape index (κ2) is 10.2. The maximum atomic E-state index is 13.3. The maximum absolute atomic E-state index is 13.3. The van der Waals surface area contributed by atoms with E-state index in [9.17, 15) is 31.2 Å². The summed E-state index contributed by atoms with van der Waals surface area (Å²) in [6.45, 7) is -1.22. The van der Waals surface area contributed by atoms with E-state index < -0.39 is 39.4 Å². The molecule has 2 N–H and O–H groups in total. The lowest BCUT2D eigenvalue weighted by Gasteiger charge is -2.68. The van der Waals surface area contributed by atoms with E-state index >= 15 is 0 Å². The zero-order valence-corrected chi connectivity index (χ0v) is 23.7.